The predicted octanol–water partition coefficient (Wildman–Crippen LogP) is 2.79. The van der Waals surface area contributed by atoms with Crippen LogP contribution in [0.25, 0.3) is 5.70 Å². The molecule has 1 aromatic heterocycles. The molecule has 8 nitrogen and oxygen atoms in total. The molecule has 2 aromatic rings. The van der Waals surface area contributed by atoms with Gasteiger partial charge in [0.15, 0.2) is 0 Å². The number of amides is 2. The van der Waals surface area contributed by atoms with Gasteiger partial charge in [0.1, 0.15) is 0 Å². The maximum Gasteiger partial charge on any atom is 0.255 e. The Bertz CT molecular complexity index is 1120. The molecule has 0 bridgehead atoms. The molecule has 1 atom stereocenters. The van der Waals surface area contributed by atoms with Crippen LogP contribution < -0.4 is 11.1 Å². The second kappa shape index (κ2) is 9.95. The molecule has 1 unspecified atom stereocenters. The monoisotopic (exact) mass is 447 g/mol. The van der Waals surface area contributed by atoms with E-state index in [1.54, 1.807) is 36.2 Å². The zero-order valence-corrected chi connectivity index (χ0v) is 19.0. The maximum absolute atomic E-state index is 12.8. The van der Waals surface area contributed by atoms with Crippen molar-refractivity contribution in [3.63, 3.8) is 0 Å². The Kier molecular flexibility index (Phi) is 6.84. The number of hydrogen-bond donors (Lipinski definition) is 2. The summed E-state index contributed by atoms with van der Waals surface area (Å²) < 4.78 is 5.47. The quantitative estimate of drug-likeness (QED) is 0.749. The van der Waals surface area contributed by atoms with Gasteiger partial charge >= 0.3 is 0 Å². The van der Waals surface area contributed by atoms with Crippen LogP contribution in [0.4, 0.5) is 5.69 Å². The first-order chi connectivity index (χ1) is 15.9. The maximum atomic E-state index is 12.8. The summed E-state index contributed by atoms with van der Waals surface area (Å²) in [5.41, 5.74) is 11.6. The first-order valence-corrected chi connectivity index (χ1v) is 11.1. The molecule has 0 radical (unpaired) electrons. The van der Waals surface area contributed by atoms with Crippen molar-refractivity contribution in [2.75, 3.05) is 31.6 Å². The van der Waals surface area contributed by atoms with E-state index in [0.717, 1.165) is 29.0 Å². The van der Waals surface area contributed by atoms with Gasteiger partial charge in [-0.1, -0.05) is 12.1 Å². The van der Waals surface area contributed by atoms with E-state index < -0.39 is 0 Å². The summed E-state index contributed by atoms with van der Waals surface area (Å²) in [6.07, 6.45) is 3.19. The lowest BCUT2D eigenvalue weighted by Gasteiger charge is -2.30. The van der Waals surface area contributed by atoms with E-state index in [1.165, 1.54) is 0 Å². The molecule has 8 heteroatoms. The SMILES string of the molecule is CC(=O)N1CCC(=NC2CCOC2)C(=C(N)c2cccc(C(=O)Nc3ccnc(C)c3)c2)C1. The van der Waals surface area contributed by atoms with Crippen molar-refractivity contribution >= 4 is 28.9 Å². The molecular formula is C25H29N5O3. The number of anilines is 1. The Morgan fingerprint density at radius 1 is 1.24 bits per heavy atom. The van der Waals surface area contributed by atoms with Gasteiger partial charge in [-0.3, -0.25) is 19.6 Å². The van der Waals surface area contributed by atoms with E-state index in [9.17, 15) is 9.59 Å². The number of nitrogens with zero attached hydrogens (tertiary/aromatic N) is 3. The molecule has 2 aliphatic rings. The molecular weight excluding hydrogens is 418 g/mol. The zero-order valence-electron chi connectivity index (χ0n) is 19.0. The molecule has 4 rings (SSSR count). The number of nitrogens with two attached hydrogens (primary N) is 1. The molecule has 0 saturated carbocycles. The predicted molar refractivity (Wildman–Crippen MR) is 128 cm³/mol. The van der Waals surface area contributed by atoms with Crippen LogP contribution in [-0.2, 0) is 9.53 Å². The number of aliphatic imine (C=N–C) groups is 1. The molecule has 2 fully saturated rings. The molecule has 3 N–H and O–H groups in total. The van der Waals surface area contributed by atoms with Crippen LogP contribution in [-0.4, -0.2) is 59.8 Å². The lowest BCUT2D eigenvalue weighted by Crippen LogP contribution is -2.40. The van der Waals surface area contributed by atoms with Crippen molar-refractivity contribution in [2.45, 2.75) is 32.7 Å². The van der Waals surface area contributed by atoms with E-state index in [0.29, 0.717) is 49.7 Å². The minimum atomic E-state index is -0.230. The number of nitrogens with one attached hydrogen (secondary N) is 1. The minimum absolute atomic E-state index is 0.00400. The number of carbonyl (C=O) groups excluding carboxylic acids is 2. The molecule has 2 amide bonds. The van der Waals surface area contributed by atoms with Crippen LogP contribution in [0, 0.1) is 6.92 Å². The highest BCUT2D eigenvalue weighted by Crippen LogP contribution is 2.24. The van der Waals surface area contributed by atoms with E-state index in [4.69, 9.17) is 15.5 Å². The standard InChI is InChI=1S/C25H29N5O3/c1-16-12-20(6-9-27-16)29-25(32)19-5-3-4-18(13-19)24(26)22-14-30(17(2)31)10-7-23(22)28-21-8-11-33-15-21/h3-6,9,12-13,21H,7-8,10-11,14-15,26H2,1-2H3,(H,27,29,32). The van der Waals surface area contributed by atoms with Gasteiger partial charge in [-0.25, -0.2) is 0 Å². The molecule has 2 aliphatic heterocycles. The van der Waals surface area contributed by atoms with Crippen LogP contribution in [0.2, 0.25) is 0 Å². The fourth-order valence-corrected chi connectivity index (χ4v) is 4.08. The number of ether oxygens (including phenoxy) is 1. The Labute approximate surface area is 193 Å². The fraction of sp³-hybridized carbons (Fsp3) is 0.360. The van der Waals surface area contributed by atoms with Crippen molar-refractivity contribution in [1.82, 2.24) is 9.88 Å². The number of carbonyl (C=O) groups is 2. The molecule has 2 saturated heterocycles. The van der Waals surface area contributed by atoms with E-state index in [1.807, 2.05) is 25.1 Å². The largest absolute Gasteiger partial charge is 0.398 e. The summed E-state index contributed by atoms with van der Waals surface area (Å²) in [6, 6.07) is 10.9. The van der Waals surface area contributed by atoms with Gasteiger partial charge in [0.25, 0.3) is 5.91 Å². The molecule has 1 aromatic carbocycles. The Morgan fingerprint density at radius 2 is 2.06 bits per heavy atom. The normalized spacial score (nSPS) is 21.2. The van der Waals surface area contributed by atoms with Gasteiger partial charge in [-0.2, -0.15) is 0 Å². The van der Waals surface area contributed by atoms with E-state index >= 15 is 0 Å². The van der Waals surface area contributed by atoms with Crippen LogP contribution in [0.1, 0.15) is 41.4 Å². The van der Waals surface area contributed by atoms with Gasteiger partial charge < -0.3 is 20.7 Å². The summed E-state index contributed by atoms with van der Waals surface area (Å²) in [5.74, 6) is -0.226. The first-order valence-electron chi connectivity index (χ1n) is 11.1. The third kappa shape index (κ3) is 5.46. The number of hydrogen-bond acceptors (Lipinski definition) is 6. The first kappa shape index (κ1) is 22.7. The smallest absolute Gasteiger partial charge is 0.255 e. The van der Waals surface area contributed by atoms with Crippen LogP contribution in [0.3, 0.4) is 0 Å². The third-order valence-corrected chi connectivity index (χ3v) is 5.92. The Hall–Kier alpha value is -3.52. The van der Waals surface area contributed by atoms with Crippen molar-refractivity contribution < 1.29 is 14.3 Å². The van der Waals surface area contributed by atoms with Crippen molar-refractivity contribution in [1.29, 1.82) is 0 Å². The highest BCUT2D eigenvalue weighted by atomic mass is 16.5. The van der Waals surface area contributed by atoms with E-state index in [-0.39, 0.29) is 17.9 Å². The minimum Gasteiger partial charge on any atom is -0.398 e. The molecule has 0 spiro atoms. The van der Waals surface area contributed by atoms with Crippen LogP contribution in [0.5, 0.6) is 0 Å². The van der Waals surface area contributed by atoms with Gasteiger partial charge in [-0.05, 0) is 43.2 Å². The number of benzene rings is 1. The fourth-order valence-electron chi connectivity index (χ4n) is 4.08. The summed E-state index contributed by atoms with van der Waals surface area (Å²) >= 11 is 0. The summed E-state index contributed by atoms with van der Waals surface area (Å²) in [4.78, 5) is 35.7. The van der Waals surface area contributed by atoms with E-state index in [2.05, 4.69) is 10.3 Å². The number of pyridine rings is 1. The number of piperidine rings is 1. The topological polar surface area (TPSA) is 110 Å². The average Bonchev–Trinajstić information content (AvgIpc) is 3.32. The Balaban J connectivity index is 1.64. The van der Waals surface area contributed by atoms with Crippen molar-refractivity contribution in [2.24, 2.45) is 10.7 Å². The summed E-state index contributed by atoms with van der Waals surface area (Å²) in [6.45, 7) is 5.77. The van der Waals surface area contributed by atoms with Crippen LogP contribution >= 0.6 is 0 Å². The number of aromatic nitrogens is 1. The second-order valence-electron chi connectivity index (χ2n) is 8.40. The second-order valence-corrected chi connectivity index (χ2v) is 8.40. The van der Waals surface area contributed by atoms with Gasteiger partial charge in [0, 0.05) is 73.2 Å². The lowest BCUT2D eigenvalue weighted by atomic mass is 9.95. The molecule has 0 aliphatic carbocycles. The summed E-state index contributed by atoms with van der Waals surface area (Å²) in [7, 11) is 0. The highest BCUT2D eigenvalue weighted by Gasteiger charge is 2.26. The molecule has 3 heterocycles. The molecule has 33 heavy (non-hydrogen) atoms. The summed E-state index contributed by atoms with van der Waals surface area (Å²) in [5, 5.41) is 2.90. The zero-order chi connectivity index (χ0) is 23.4. The molecule has 172 valence electrons. The number of aryl methyl sites for hydroxylation is 1. The average molecular weight is 448 g/mol. The number of likely N-dealkylation sites (tertiary alicyclic amines) is 1. The van der Waals surface area contributed by atoms with Crippen molar-refractivity contribution in [3.8, 4) is 0 Å². The Morgan fingerprint density at radius 3 is 2.79 bits per heavy atom. The van der Waals surface area contributed by atoms with Crippen LogP contribution in [0.15, 0.2) is 53.2 Å². The number of rotatable bonds is 4. The lowest BCUT2D eigenvalue weighted by molar-refractivity contribution is -0.128. The highest BCUT2D eigenvalue weighted by molar-refractivity contribution is 6.09. The van der Waals surface area contributed by atoms with Gasteiger partial charge in [0.05, 0.1) is 12.6 Å². The van der Waals surface area contributed by atoms with Gasteiger partial charge in [0.2, 0.25) is 5.91 Å². The van der Waals surface area contributed by atoms with Crippen molar-refractivity contribution in [3.05, 3.63) is 65.0 Å². The van der Waals surface area contributed by atoms with Gasteiger partial charge in [-0.15, -0.1) is 0 Å². The third-order valence-electron chi connectivity index (χ3n) is 5.92.